The quantitative estimate of drug-likeness (QED) is 0.890. The van der Waals surface area contributed by atoms with E-state index in [-0.39, 0.29) is 0 Å². The van der Waals surface area contributed by atoms with Crippen molar-refractivity contribution in [2.45, 2.75) is 49.6 Å². The number of nitrogens with zero attached hydrogens (tertiary/aromatic N) is 1. The van der Waals surface area contributed by atoms with E-state index in [9.17, 15) is 0 Å². The maximum absolute atomic E-state index is 3.90. The van der Waals surface area contributed by atoms with E-state index in [0.29, 0.717) is 12.1 Å². The number of hydrogen-bond acceptors (Lipinski definition) is 3. The molecule has 1 aromatic carbocycles. The van der Waals surface area contributed by atoms with Crippen molar-refractivity contribution in [3.8, 4) is 0 Å². The van der Waals surface area contributed by atoms with Crippen LogP contribution in [-0.2, 0) is 0 Å². The summed E-state index contributed by atoms with van der Waals surface area (Å²) >= 11 is 2.00. The lowest BCUT2D eigenvalue weighted by Gasteiger charge is -2.34. The second kappa shape index (κ2) is 6.97. The normalized spacial score (nSPS) is 23.9. The number of piperidine rings is 1. The molecule has 0 radical (unpaired) electrons. The molecule has 2 aliphatic heterocycles. The van der Waals surface area contributed by atoms with Crippen LogP contribution in [-0.4, -0.2) is 36.3 Å². The fourth-order valence-electron chi connectivity index (χ4n) is 3.29. The van der Waals surface area contributed by atoms with Crippen LogP contribution in [0.4, 0.5) is 0 Å². The molecule has 3 heteroatoms. The van der Waals surface area contributed by atoms with Crippen molar-refractivity contribution in [3.05, 3.63) is 29.8 Å². The first kappa shape index (κ1) is 14.4. The van der Waals surface area contributed by atoms with E-state index >= 15 is 0 Å². The third kappa shape index (κ3) is 3.38. The molecule has 1 fully saturated rings. The van der Waals surface area contributed by atoms with E-state index in [1.54, 1.807) is 0 Å². The monoisotopic (exact) mass is 290 g/mol. The van der Waals surface area contributed by atoms with Crippen LogP contribution < -0.4 is 5.32 Å². The van der Waals surface area contributed by atoms with E-state index < -0.39 is 0 Å². The fourth-order valence-corrected chi connectivity index (χ4v) is 4.46. The zero-order chi connectivity index (χ0) is 13.8. The Morgan fingerprint density at radius 2 is 2.05 bits per heavy atom. The molecule has 1 unspecified atom stereocenters. The largest absolute Gasteiger partial charge is 0.306 e. The molecule has 0 amide bonds. The molecule has 1 saturated heterocycles. The molecular formula is C17H26N2S. The van der Waals surface area contributed by atoms with Crippen molar-refractivity contribution in [2.24, 2.45) is 0 Å². The molecule has 2 nitrogen and oxygen atoms in total. The van der Waals surface area contributed by atoms with Crippen LogP contribution in [0.3, 0.4) is 0 Å². The zero-order valence-electron chi connectivity index (χ0n) is 12.5. The molecule has 0 spiro atoms. The third-order valence-electron chi connectivity index (χ3n) is 4.55. The number of benzene rings is 1. The van der Waals surface area contributed by atoms with Crippen molar-refractivity contribution in [1.82, 2.24) is 10.2 Å². The molecule has 1 aromatic rings. The number of nitrogens with one attached hydrogen (secondary N) is 1. The molecular weight excluding hydrogens is 264 g/mol. The van der Waals surface area contributed by atoms with Crippen molar-refractivity contribution in [3.63, 3.8) is 0 Å². The molecule has 2 aliphatic rings. The van der Waals surface area contributed by atoms with Gasteiger partial charge in [0.05, 0.1) is 0 Å². The Balaban J connectivity index is 1.49. The van der Waals surface area contributed by atoms with Gasteiger partial charge in [0.2, 0.25) is 0 Å². The Morgan fingerprint density at radius 1 is 1.25 bits per heavy atom. The van der Waals surface area contributed by atoms with Gasteiger partial charge in [0.15, 0.2) is 0 Å². The smallest absolute Gasteiger partial charge is 0.0428 e. The van der Waals surface area contributed by atoms with Gasteiger partial charge in [0.1, 0.15) is 0 Å². The second-order valence-electron chi connectivity index (χ2n) is 6.04. The maximum atomic E-state index is 3.90. The summed E-state index contributed by atoms with van der Waals surface area (Å²) in [5.41, 5.74) is 1.52. The molecule has 2 heterocycles. The van der Waals surface area contributed by atoms with Crippen molar-refractivity contribution in [2.75, 3.05) is 25.4 Å². The Hall–Kier alpha value is -0.510. The van der Waals surface area contributed by atoms with Crippen molar-refractivity contribution >= 4 is 11.8 Å². The molecule has 110 valence electrons. The summed E-state index contributed by atoms with van der Waals surface area (Å²) in [4.78, 5) is 4.12. The minimum absolute atomic E-state index is 0.573. The van der Waals surface area contributed by atoms with E-state index in [4.69, 9.17) is 0 Å². The van der Waals surface area contributed by atoms with Crippen molar-refractivity contribution in [1.29, 1.82) is 0 Å². The Labute approximate surface area is 127 Å². The molecule has 1 atom stereocenters. The van der Waals surface area contributed by atoms with E-state index in [1.807, 2.05) is 11.8 Å². The summed E-state index contributed by atoms with van der Waals surface area (Å²) in [7, 11) is 0. The molecule has 3 rings (SSSR count). The number of thioether (sulfide) groups is 1. The highest BCUT2D eigenvalue weighted by atomic mass is 32.2. The highest BCUT2D eigenvalue weighted by Gasteiger charge is 2.26. The summed E-state index contributed by atoms with van der Waals surface area (Å²) in [6.07, 6.45) is 5.29. The first-order chi connectivity index (χ1) is 9.86. The maximum Gasteiger partial charge on any atom is 0.0428 e. The molecule has 0 aliphatic carbocycles. The summed E-state index contributed by atoms with van der Waals surface area (Å²) in [6, 6.07) is 10.2. The van der Waals surface area contributed by atoms with Crippen LogP contribution in [0.2, 0.25) is 0 Å². The minimum atomic E-state index is 0.573. The standard InChI is InChI=1S/C17H26N2S/c1-2-3-10-19-11-8-14(9-12-19)18-16-13-20-17-7-5-4-6-15(16)17/h4-7,14,16,18H,2-3,8-13H2,1H3. The lowest BCUT2D eigenvalue weighted by atomic mass is 10.0. The van der Waals surface area contributed by atoms with Gasteiger partial charge in [-0.2, -0.15) is 0 Å². The molecule has 1 N–H and O–H groups in total. The number of fused-ring (bicyclic) bond motifs is 1. The number of rotatable bonds is 5. The topological polar surface area (TPSA) is 15.3 Å². The Kier molecular flexibility index (Phi) is 5.03. The van der Waals surface area contributed by atoms with Crippen LogP contribution >= 0.6 is 11.8 Å². The van der Waals surface area contributed by atoms with Gasteiger partial charge in [-0.1, -0.05) is 31.5 Å². The van der Waals surface area contributed by atoms with Gasteiger partial charge in [-0.3, -0.25) is 0 Å². The number of unbranched alkanes of at least 4 members (excludes halogenated alkanes) is 1. The predicted octanol–water partition coefficient (Wildman–Crippen LogP) is 3.69. The lowest BCUT2D eigenvalue weighted by molar-refractivity contribution is 0.190. The van der Waals surface area contributed by atoms with Gasteiger partial charge in [0.25, 0.3) is 0 Å². The predicted molar refractivity (Wildman–Crippen MR) is 87.4 cm³/mol. The molecule has 0 saturated carbocycles. The van der Waals surface area contributed by atoms with Gasteiger partial charge < -0.3 is 10.2 Å². The number of likely N-dealkylation sites (tertiary alicyclic amines) is 1. The zero-order valence-corrected chi connectivity index (χ0v) is 13.3. The average molecular weight is 290 g/mol. The lowest BCUT2D eigenvalue weighted by Crippen LogP contribution is -2.44. The number of hydrogen-bond donors (Lipinski definition) is 1. The first-order valence-electron chi connectivity index (χ1n) is 8.07. The second-order valence-corrected chi connectivity index (χ2v) is 7.10. The Bertz CT molecular complexity index is 427. The van der Waals surface area contributed by atoms with Gasteiger partial charge in [0, 0.05) is 22.7 Å². The van der Waals surface area contributed by atoms with Crippen LogP contribution in [0.5, 0.6) is 0 Å². The fraction of sp³-hybridized carbons (Fsp3) is 0.647. The highest BCUT2D eigenvalue weighted by Crippen LogP contribution is 2.38. The van der Waals surface area contributed by atoms with Gasteiger partial charge in [-0.25, -0.2) is 0 Å². The van der Waals surface area contributed by atoms with Crippen molar-refractivity contribution < 1.29 is 0 Å². The van der Waals surface area contributed by atoms with E-state index in [0.717, 1.165) is 0 Å². The summed E-state index contributed by atoms with van der Waals surface area (Å²) in [5.74, 6) is 1.20. The van der Waals surface area contributed by atoms with E-state index in [2.05, 4.69) is 41.4 Å². The van der Waals surface area contributed by atoms with Gasteiger partial charge in [-0.05, 0) is 50.5 Å². The highest BCUT2D eigenvalue weighted by molar-refractivity contribution is 7.99. The first-order valence-corrected chi connectivity index (χ1v) is 9.05. The summed E-state index contributed by atoms with van der Waals surface area (Å²) in [5, 5.41) is 3.90. The van der Waals surface area contributed by atoms with Crippen LogP contribution in [0.15, 0.2) is 29.2 Å². The SMILES string of the molecule is CCCCN1CCC(NC2CSc3ccccc32)CC1. The Morgan fingerprint density at radius 3 is 2.85 bits per heavy atom. The van der Waals surface area contributed by atoms with Crippen LogP contribution in [0.25, 0.3) is 0 Å². The summed E-state index contributed by atoms with van der Waals surface area (Å²) < 4.78 is 0. The summed E-state index contributed by atoms with van der Waals surface area (Å²) in [6.45, 7) is 6.13. The van der Waals surface area contributed by atoms with Gasteiger partial charge in [-0.15, -0.1) is 11.8 Å². The average Bonchev–Trinajstić information content (AvgIpc) is 2.90. The van der Waals surface area contributed by atoms with Gasteiger partial charge >= 0.3 is 0 Å². The molecule has 0 bridgehead atoms. The third-order valence-corrected chi connectivity index (χ3v) is 5.74. The van der Waals surface area contributed by atoms with Crippen LogP contribution in [0, 0.1) is 0 Å². The molecule has 0 aromatic heterocycles. The van der Waals surface area contributed by atoms with E-state index in [1.165, 1.54) is 61.5 Å². The van der Waals surface area contributed by atoms with Crippen LogP contribution in [0.1, 0.15) is 44.2 Å². The minimum Gasteiger partial charge on any atom is -0.306 e. The molecule has 20 heavy (non-hydrogen) atoms.